The Hall–Kier alpha value is -3.76. The summed E-state index contributed by atoms with van der Waals surface area (Å²) in [5, 5.41) is 16.6. The minimum Gasteiger partial charge on any atom is -0.406 e. The predicted molar refractivity (Wildman–Crippen MR) is 151 cm³/mol. The number of fused-ring (bicyclic) bond motifs is 1. The van der Waals surface area contributed by atoms with Gasteiger partial charge in [-0.25, -0.2) is 0 Å². The van der Waals surface area contributed by atoms with Gasteiger partial charge in [-0.05, 0) is 103 Å². The van der Waals surface area contributed by atoms with Gasteiger partial charge in [-0.2, -0.15) is 5.10 Å². The number of hydrazone groups is 1. The maximum atomic E-state index is 12.5. The van der Waals surface area contributed by atoms with Crippen molar-refractivity contribution in [1.29, 1.82) is 5.41 Å². The van der Waals surface area contributed by atoms with E-state index in [9.17, 15) is 13.2 Å². The predicted octanol–water partition coefficient (Wildman–Crippen LogP) is 6.84. The van der Waals surface area contributed by atoms with E-state index in [2.05, 4.69) is 20.6 Å². The van der Waals surface area contributed by atoms with Crippen molar-refractivity contribution in [2.24, 2.45) is 11.0 Å². The van der Waals surface area contributed by atoms with Gasteiger partial charge in [0.25, 0.3) is 0 Å². The lowest BCUT2D eigenvalue weighted by Crippen LogP contribution is -2.29. The first-order valence-electron chi connectivity index (χ1n) is 12.3. The van der Waals surface area contributed by atoms with Crippen LogP contribution in [0.25, 0.3) is 0 Å². The van der Waals surface area contributed by atoms with Crippen LogP contribution in [0.1, 0.15) is 45.9 Å². The number of methoxy groups -OCH3 is 1. The number of hydrogen-bond acceptors (Lipinski definition) is 5. The Balaban J connectivity index is 1.41. The molecule has 0 amide bonds. The zero-order chi connectivity index (χ0) is 28.2. The zero-order valence-corrected chi connectivity index (χ0v) is 22.5. The van der Waals surface area contributed by atoms with Crippen LogP contribution in [0.2, 0.25) is 0 Å². The van der Waals surface area contributed by atoms with Gasteiger partial charge in [-0.1, -0.05) is 30.3 Å². The van der Waals surface area contributed by atoms with Crippen LogP contribution in [0.4, 0.5) is 18.9 Å². The smallest absolute Gasteiger partial charge is 0.406 e. The molecule has 0 fully saturated rings. The fraction of sp³-hybridized carbons (Fsp3) is 0.276. The van der Waals surface area contributed by atoms with Crippen molar-refractivity contribution in [3.05, 3.63) is 94.0 Å². The van der Waals surface area contributed by atoms with Gasteiger partial charge in [0.15, 0.2) is 5.11 Å². The molecule has 3 aromatic rings. The Morgan fingerprint density at radius 1 is 1.08 bits per heavy atom. The van der Waals surface area contributed by atoms with Gasteiger partial charge >= 0.3 is 6.36 Å². The number of anilines is 1. The molecule has 0 spiro atoms. The molecule has 10 heteroatoms. The lowest BCUT2D eigenvalue weighted by Gasteiger charge is -2.33. The highest BCUT2D eigenvalue weighted by atomic mass is 32.1. The van der Waals surface area contributed by atoms with E-state index in [1.165, 1.54) is 24.3 Å². The molecule has 0 aliphatic heterocycles. The van der Waals surface area contributed by atoms with Crippen molar-refractivity contribution in [2.75, 3.05) is 12.4 Å². The van der Waals surface area contributed by atoms with Crippen molar-refractivity contribution >= 4 is 34.9 Å². The van der Waals surface area contributed by atoms with E-state index in [1.54, 1.807) is 13.3 Å². The van der Waals surface area contributed by atoms with Gasteiger partial charge in [0, 0.05) is 24.4 Å². The zero-order valence-electron chi connectivity index (χ0n) is 21.7. The average Bonchev–Trinajstić information content (AvgIpc) is 2.89. The molecule has 0 bridgehead atoms. The van der Waals surface area contributed by atoms with Gasteiger partial charge in [-0.15, -0.1) is 13.2 Å². The van der Waals surface area contributed by atoms with Crippen LogP contribution in [0.3, 0.4) is 0 Å². The third-order valence-electron chi connectivity index (χ3n) is 6.69. The Bertz CT molecular complexity index is 1370. The number of nitrogens with zero attached hydrogens (tertiary/aromatic N) is 1. The summed E-state index contributed by atoms with van der Waals surface area (Å²) in [5.74, 6) is -0.562. The van der Waals surface area contributed by atoms with E-state index >= 15 is 0 Å². The minimum absolute atomic E-state index is 0.244. The van der Waals surface area contributed by atoms with E-state index < -0.39 is 6.36 Å². The van der Waals surface area contributed by atoms with Crippen LogP contribution in [-0.2, 0) is 11.2 Å². The molecule has 0 saturated carbocycles. The molecule has 2 unspecified atom stereocenters. The van der Waals surface area contributed by atoms with Crippen LogP contribution in [-0.4, -0.2) is 30.5 Å². The average molecular weight is 555 g/mol. The summed E-state index contributed by atoms with van der Waals surface area (Å²) in [6.45, 7) is 4.02. The minimum atomic E-state index is -4.76. The topological polar surface area (TPSA) is 78.7 Å². The first kappa shape index (κ1) is 28.3. The number of hydrogen-bond donors (Lipinski definition) is 3. The third kappa shape index (κ3) is 7.01. The molecular weight excluding hydrogens is 525 g/mol. The number of alkyl halides is 3. The first-order valence-corrected chi connectivity index (χ1v) is 12.7. The largest absolute Gasteiger partial charge is 0.573 e. The van der Waals surface area contributed by atoms with Crippen LogP contribution in [0.5, 0.6) is 5.75 Å². The summed E-state index contributed by atoms with van der Waals surface area (Å²) in [6.07, 6.45) is -2.04. The van der Waals surface area contributed by atoms with Gasteiger partial charge in [0.2, 0.25) is 0 Å². The molecule has 0 radical (unpaired) electrons. The van der Waals surface area contributed by atoms with Gasteiger partial charge in [0.1, 0.15) is 5.75 Å². The van der Waals surface area contributed by atoms with Crippen molar-refractivity contribution in [3.8, 4) is 5.75 Å². The summed E-state index contributed by atoms with van der Waals surface area (Å²) in [7, 11) is 1.60. The second kappa shape index (κ2) is 12.0. The monoisotopic (exact) mass is 554 g/mol. The van der Waals surface area contributed by atoms with Crippen LogP contribution >= 0.6 is 12.2 Å². The Labute approximate surface area is 230 Å². The number of para-hydroxylation sites is 1. The maximum Gasteiger partial charge on any atom is 0.573 e. The molecule has 0 saturated heterocycles. The van der Waals surface area contributed by atoms with Crippen molar-refractivity contribution < 1.29 is 22.6 Å². The molecule has 1 aliphatic carbocycles. The first-order chi connectivity index (χ1) is 18.6. The summed E-state index contributed by atoms with van der Waals surface area (Å²) < 4.78 is 47.1. The molecule has 3 aromatic carbocycles. The fourth-order valence-corrected chi connectivity index (χ4v) is 4.99. The third-order valence-corrected chi connectivity index (χ3v) is 6.88. The number of halogens is 3. The molecule has 0 aromatic heterocycles. The maximum absolute atomic E-state index is 12.5. The van der Waals surface area contributed by atoms with Gasteiger partial charge < -0.3 is 20.2 Å². The molecule has 2 atom stereocenters. The number of ether oxygens (including phenoxy) is 2. The second-order valence-corrected chi connectivity index (χ2v) is 9.74. The number of rotatable bonds is 7. The van der Waals surface area contributed by atoms with E-state index in [4.69, 9.17) is 22.4 Å². The molecule has 6 nitrogen and oxygen atoms in total. The van der Waals surface area contributed by atoms with Crippen LogP contribution < -0.4 is 15.5 Å². The van der Waals surface area contributed by atoms with Crippen LogP contribution in [0, 0.1) is 25.2 Å². The summed E-state index contributed by atoms with van der Waals surface area (Å²) in [6, 6.07) is 17.3. The molecule has 204 valence electrons. The quantitative estimate of drug-likeness (QED) is 0.169. The summed E-state index contributed by atoms with van der Waals surface area (Å²) in [4.78, 5) is 0. The summed E-state index contributed by atoms with van der Waals surface area (Å²) >= 11 is 5.38. The summed E-state index contributed by atoms with van der Waals surface area (Å²) in [5.41, 5.74) is 9.79. The van der Waals surface area contributed by atoms with E-state index in [0.29, 0.717) is 22.8 Å². The highest BCUT2D eigenvalue weighted by Gasteiger charge is 2.34. The van der Waals surface area contributed by atoms with E-state index in [0.717, 1.165) is 39.9 Å². The van der Waals surface area contributed by atoms with Crippen molar-refractivity contribution in [3.63, 3.8) is 0 Å². The molecule has 4 rings (SSSR count). The van der Waals surface area contributed by atoms with E-state index in [1.807, 2.05) is 50.2 Å². The van der Waals surface area contributed by atoms with Gasteiger partial charge in [0.05, 0.1) is 12.3 Å². The molecule has 0 heterocycles. The Morgan fingerprint density at radius 3 is 2.41 bits per heavy atom. The molecule has 39 heavy (non-hydrogen) atoms. The number of nitrogens with one attached hydrogen (secondary N) is 3. The van der Waals surface area contributed by atoms with Crippen LogP contribution in [0.15, 0.2) is 65.8 Å². The highest BCUT2D eigenvalue weighted by Crippen LogP contribution is 2.39. The molecule has 3 N–H and O–H groups in total. The normalized spacial score (nSPS) is 17.0. The second-order valence-electron chi connectivity index (χ2n) is 9.34. The SMILES string of the molecule is COC1c2ccc(/C=N/NC(=S)Nc3c(C)cccc3C)cc2CCC1C(=N)c1ccc(OC(F)(F)F)cc1. The molecular formula is C29H29F3N4O2S. The number of benzene rings is 3. The molecule has 1 aliphatic rings. The van der Waals surface area contributed by atoms with Crippen molar-refractivity contribution in [1.82, 2.24) is 5.43 Å². The standard InChI is InChI=1S/C29H29F3N4O2S/c1-17-5-4-6-18(2)26(17)35-28(39)36-34-16-19-7-13-23-21(15-19)10-14-24(27(23)37-3)25(33)20-8-11-22(12-9-20)38-29(30,31)32/h4-9,11-13,15-16,24,27,33H,10,14H2,1-3H3,(H2,35,36,39)/b33-25?,34-16+. The lowest BCUT2D eigenvalue weighted by atomic mass is 9.77. The van der Waals surface area contributed by atoms with Crippen molar-refractivity contribution in [2.45, 2.75) is 39.2 Å². The number of aryl methyl sites for hydroxylation is 3. The Morgan fingerprint density at radius 2 is 1.77 bits per heavy atom. The van der Waals surface area contributed by atoms with Gasteiger partial charge in [-0.3, -0.25) is 5.43 Å². The fourth-order valence-electron chi connectivity index (χ4n) is 4.83. The number of thiocarbonyl (C=S) groups is 1. The lowest BCUT2D eigenvalue weighted by molar-refractivity contribution is -0.274. The Kier molecular flexibility index (Phi) is 8.66. The highest BCUT2D eigenvalue weighted by molar-refractivity contribution is 7.80. The van der Waals surface area contributed by atoms with E-state index in [-0.39, 0.29) is 17.8 Å².